The standard InChI is InChI=1S/C10H19NO4S/c1-14-9(12)4-3-6-16-7-5-8(11)10(13)15-2/h8H,3-7,11H2,1-2H3. The van der Waals surface area contributed by atoms with E-state index in [4.69, 9.17) is 5.73 Å². The Morgan fingerprint density at radius 1 is 1.25 bits per heavy atom. The van der Waals surface area contributed by atoms with Crippen molar-refractivity contribution in [1.82, 2.24) is 0 Å². The number of thioether (sulfide) groups is 1. The molecule has 5 nitrogen and oxygen atoms in total. The van der Waals surface area contributed by atoms with Gasteiger partial charge in [0.25, 0.3) is 0 Å². The van der Waals surface area contributed by atoms with E-state index in [1.807, 2.05) is 0 Å². The second-order valence-electron chi connectivity index (χ2n) is 3.21. The van der Waals surface area contributed by atoms with Crippen LogP contribution in [0.3, 0.4) is 0 Å². The molecule has 0 radical (unpaired) electrons. The van der Waals surface area contributed by atoms with E-state index in [9.17, 15) is 9.59 Å². The van der Waals surface area contributed by atoms with Gasteiger partial charge >= 0.3 is 11.9 Å². The molecule has 0 spiro atoms. The molecular weight excluding hydrogens is 230 g/mol. The van der Waals surface area contributed by atoms with Gasteiger partial charge in [0.2, 0.25) is 0 Å². The van der Waals surface area contributed by atoms with Gasteiger partial charge < -0.3 is 15.2 Å². The van der Waals surface area contributed by atoms with E-state index < -0.39 is 6.04 Å². The first kappa shape index (κ1) is 15.2. The van der Waals surface area contributed by atoms with Crippen LogP contribution in [0.2, 0.25) is 0 Å². The lowest BCUT2D eigenvalue weighted by molar-refractivity contribution is -0.142. The summed E-state index contributed by atoms with van der Waals surface area (Å²) in [4.78, 5) is 21.7. The van der Waals surface area contributed by atoms with Gasteiger partial charge in [-0.25, -0.2) is 0 Å². The molecule has 0 rings (SSSR count). The van der Waals surface area contributed by atoms with Crippen molar-refractivity contribution >= 4 is 23.7 Å². The lowest BCUT2D eigenvalue weighted by Crippen LogP contribution is -2.32. The predicted molar refractivity (Wildman–Crippen MR) is 63.2 cm³/mol. The maximum Gasteiger partial charge on any atom is 0.322 e. The molecule has 0 fully saturated rings. The largest absolute Gasteiger partial charge is 0.469 e. The average Bonchev–Trinajstić information content (AvgIpc) is 2.31. The number of nitrogens with two attached hydrogens (primary N) is 1. The van der Waals surface area contributed by atoms with Gasteiger partial charge in [-0.3, -0.25) is 9.59 Å². The molecule has 2 N–H and O–H groups in total. The molecule has 0 saturated carbocycles. The van der Waals surface area contributed by atoms with Crippen LogP contribution in [0.5, 0.6) is 0 Å². The van der Waals surface area contributed by atoms with E-state index in [0.29, 0.717) is 12.8 Å². The molecule has 0 aliphatic heterocycles. The van der Waals surface area contributed by atoms with Crippen LogP contribution in [0.4, 0.5) is 0 Å². The summed E-state index contributed by atoms with van der Waals surface area (Å²) in [5.74, 6) is 1.09. The highest BCUT2D eigenvalue weighted by atomic mass is 32.2. The highest BCUT2D eigenvalue weighted by Gasteiger charge is 2.12. The van der Waals surface area contributed by atoms with E-state index in [0.717, 1.165) is 17.9 Å². The Hall–Kier alpha value is -0.750. The van der Waals surface area contributed by atoms with Crippen molar-refractivity contribution in [3.05, 3.63) is 0 Å². The van der Waals surface area contributed by atoms with Crippen molar-refractivity contribution < 1.29 is 19.1 Å². The van der Waals surface area contributed by atoms with Gasteiger partial charge in [0.15, 0.2) is 0 Å². The van der Waals surface area contributed by atoms with Crippen LogP contribution in [-0.4, -0.2) is 43.7 Å². The highest BCUT2D eigenvalue weighted by molar-refractivity contribution is 7.99. The lowest BCUT2D eigenvalue weighted by atomic mass is 10.2. The third kappa shape index (κ3) is 7.53. The summed E-state index contributed by atoms with van der Waals surface area (Å²) in [7, 11) is 2.70. The predicted octanol–water partition coefficient (Wildman–Crippen LogP) is 0.563. The Bertz CT molecular complexity index is 223. The van der Waals surface area contributed by atoms with Crippen LogP contribution < -0.4 is 5.73 Å². The Labute approximate surface area is 100 Å². The Kier molecular flexibility index (Phi) is 9.03. The van der Waals surface area contributed by atoms with Gasteiger partial charge in [0, 0.05) is 6.42 Å². The second-order valence-corrected chi connectivity index (χ2v) is 4.44. The minimum atomic E-state index is -0.543. The highest BCUT2D eigenvalue weighted by Crippen LogP contribution is 2.08. The molecule has 0 amide bonds. The number of carbonyl (C=O) groups excluding carboxylic acids is 2. The zero-order valence-corrected chi connectivity index (χ0v) is 10.5. The molecule has 0 bridgehead atoms. The van der Waals surface area contributed by atoms with Gasteiger partial charge in [-0.15, -0.1) is 0 Å². The second kappa shape index (κ2) is 9.47. The first-order chi connectivity index (χ1) is 7.61. The molecule has 0 heterocycles. The molecule has 0 aliphatic rings. The lowest BCUT2D eigenvalue weighted by Gasteiger charge is -2.08. The molecule has 16 heavy (non-hydrogen) atoms. The number of ether oxygens (including phenoxy) is 2. The van der Waals surface area contributed by atoms with Crippen LogP contribution in [-0.2, 0) is 19.1 Å². The molecular formula is C10H19NO4S. The third-order valence-electron chi connectivity index (χ3n) is 1.97. The van der Waals surface area contributed by atoms with Crippen LogP contribution in [0, 0.1) is 0 Å². The summed E-state index contributed by atoms with van der Waals surface area (Å²) < 4.78 is 9.01. The van der Waals surface area contributed by atoms with Crippen LogP contribution in [0.1, 0.15) is 19.3 Å². The molecule has 6 heteroatoms. The van der Waals surface area contributed by atoms with Crippen LogP contribution in [0.25, 0.3) is 0 Å². The topological polar surface area (TPSA) is 78.6 Å². The minimum Gasteiger partial charge on any atom is -0.469 e. The summed E-state index contributed by atoms with van der Waals surface area (Å²) in [5.41, 5.74) is 5.55. The van der Waals surface area contributed by atoms with Gasteiger partial charge in [-0.1, -0.05) is 0 Å². The van der Waals surface area contributed by atoms with E-state index >= 15 is 0 Å². The maximum atomic E-state index is 10.9. The smallest absolute Gasteiger partial charge is 0.322 e. The van der Waals surface area contributed by atoms with E-state index in [2.05, 4.69) is 9.47 Å². The monoisotopic (exact) mass is 249 g/mol. The van der Waals surface area contributed by atoms with Crippen molar-refractivity contribution in [2.75, 3.05) is 25.7 Å². The number of hydrogen-bond donors (Lipinski definition) is 1. The first-order valence-electron chi connectivity index (χ1n) is 5.09. The molecule has 1 unspecified atom stereocenters. The SMILES string of the molecule is COC(=O)CCCSCCC(N)C(=O)OC. The van der Waals surface area contributed by atoms with Gasteiger partial charge in [-0.05, 0) is 24.3 Å². The quantitative estimate of drug-likeness (QED) is 0.500. The Morgan fingerprint density at radius 2 is 1.94 bits per heavy atom. The molecule has 0 aromatic carbocycles. The Morgan fingerprint density at radius 3 is 2.50 bits per heavy atom. The summed E-state index contributed by atoms with van der Waals surface area (Å²) in [5, 5.41) is 0. The van der Waals surface area contributed by atoms with E-state index in [1.165, 1.54) is 14.2 Å². The molecule has 0 saturated heterocycles. The van der Waals surface area contributed by atoms with E-state index in [1.54, 1.807) is 11.8 Å². The first-order valence-corrected chi connectivity index (χ1v) is 6.25. The van der Waals surface area contributed by atoms with Gasteiger partial charge in [0.1, 0.15) is 6.04 Å². The molecule has 0 aliphatic carbocycles. The van der Waals surface area contributed by atoms with Crippen LogP contribution >= 0.6 is 11.8 Å². The van der Waals surface area contributed by atoms with Crippen molar-refractivity contribution in [3.8, 4) is 0 Å². The number of hydrogen-bond acceptors (Lipinski definition) is 6. The normalized spacial score (nSPS) is 11.9. The maximum absolute atomic E-state index is 10.9. The number of methoxy groups -OCH3 is 2. The average molecular weight is 249 g/mol. The zero-order chi connectivity index (χ0) is 12.4. The molecule has 1 atom stereocenters. The zero-order valence-electron chi connectivity index (χ0n) is 9.73. The van der Waals surface area contributed by atoms with Gasteiger partial charge in [0.05, 0.1) is 14.2 Å². The van der Waals surface area contributed by atoms with Crippen molar-refractivity contribution in [2.45, 2.75) is 25.3 Å². The summed E-state index contributed by atoms with van der Waals surface area (Å²) in [6.45, 7) is 0. The number of rotatable bonds is 8. The number of esters is 2. The summed E-state index contributed by atoms with van der Waals surface area (Å²) in [6.07, 6.45) is 1.81. The Balaban J connectivity index is 3.33. The van der Waals surface area contributed by atoms with Gasteiger partial charge in [-0.2, -0.15) is 11.8 Å². The van der Waals surface area contributed by atoms with Crippen molar-refractivity contribution in [2.24, 2.45) is 5.73 Å². The van der Waals surface area contributed by atoms with Crippen molar-refractivity contribution in [1.29, 1.82) is 0 Å². The summed E-state index contributed by atoms with van der Waals surface area (Å²) in [6, 6.07) is -0.543. The minimum absolute atomic E-state index is 0.188. The van der Waals surface area contributed by atoms with Crippen molar-refractivity contribution in [3.63, 3.8) is 0 Å². The van der Waals surface area contributed by atoms with E-state index in [-0.39, 0.29) is 11.9 Å². The number of carbonyl (C=O) groups is 2. The summed E-state index contributed by atoms with van der Waals surface area (Å²) >= 11 is 1.67. The molecule has 94 valence electrons. The fraction of sp³-hybridized carbons (Fsp3) is 0.800. The molecule has 0 aromatic heterocycles. The third-order valence-corrected chi connectivity index (χ3v) is 3.08. The van der Waals surface area contributed by atoms with Crippen LogP contribution in [0.15, 0.2) is 0 Å². The fourth-order valence-corrected chi connectivity index (χ4v) is 1.98. The molecule has 0 aromatic rings. The fourth-order valence-electron chi connectivity index (χ4n) is 1.00.